The van der Waals surface area contributed by atoms with Crippen molar-refractivity contribution in [2.75, 3.05) is 46.6 Å². The van der Waals surface area contributed by atoms with E-state index in [2.05, 4.69) is 127 Å². The highest BCUT2D eigenvalue weighted by Crippen LogP contribution is 2.42. The molecular formula is C73H123NO8Si. The van der Waals surface area contributed by atoms with Crippen molar-refractivity contribution in [1.82, 2.24) is 4.90 Å². The van der Waals surface area contributed by atoms with Crippen LogP contribution in [-0.2, 0) is 33.8 Å². The van der Waals surface area contributed by atoms with Gasteiger partial charge in [0.05, 0.1) is 44.4 Å². The van der Waals surface area contributed by atoms with Crippen molar-refractivity contribution >= 4 is 20.3 Å². The van der Waals surface area contributed by atoms with E-state index in [4.69, 9.17) is 23.4 Å². The van der Waals surface area contributed by atoms with Gasteiger partial charge in [-0.25, -0.2) is 0 Å². The molecule has 0 aromatic heterocycles. The molecule has 83 heavy (non-hydrogen) atoms. The van der Waals surface area contributed by atoms with E-state index in [1.54, 1.807) is 7.11 Å². The fourth-order valence-corrected chi connectivity index (χ4v) is 12.8. The van der Waals surface area contributed by atoms with Gasteiger partial charge in [0, 0.05) is 26.2 Å². The van der Waals surface area contributed by atoms with E-state index < -0.39 is 20.0 Å². The smallest absolute Gasteiger partial charge is 0.308 e. The van der Waals surface area contributed by atoms with Crippen LogP contribution in [0.4, 0.5) is 0 Å². The Bertz CT molecular complexity index is 2000. The number of benzene rings is 3. The lowest BCUT2D eigenvalue weighted by Crippen LogP contribution is -2.48. The van der Waals surface area contributed by atoms with Crippen molar-refractivity contribution in [1.29, 1.82) is 0 Å². The van der Waals surface area contributed by atoms with Gasteiger partial charge < -0.3 is 28.5 Å². The zero-order valence-electron chi connectivity index (χ0n) is 54.8. The number of aliphatic hydroxyl groups is 1. The van der Waals surface area contributed by atoms with Crippen molar-refractivity contribution in [3.63, 3.8) is 0 Å². The van der Waals surface area contributed by atoms with E-state index in [1.165, 1.54) is 103 Å². The average Bonchev–Trinajstić information content (AvgIpc) is 2.52. The Labute approximate surface area is 510 Å². The molecule has 0 aliphatic rings. The van der Waals surface area contributed by atoms with Crippen LogP contribution in [-0.4, -0.2) is 89.0 Å². The number of esters is 2. The van der Waals surface area contributed by atoms with Gasteiger partial charge >= 0.3 is 11.9 Å². The molecule has 472 valence electrons. The Kier molecular flexibility index (Phi) is 39.1. The topological polar surface area (TPSA) is 104 Å². The molecule has 1 N–H and O–H groups in total. The van der Waals surface area contributed by atoms with Crippen LogP contribution in [0, 0.1) is 11.8 Å². The molecule has 9 nitrogen and oxygen atoms in total. The largest absolute Gasteiger partial charge is 0.497 e. The zero-order valence-corrected chi connectivity index (χ0v) is 55.8. The lowest BCUT2D eigenvalue weighted by Gasteiger charge is -2.41. The molecule has 0 aliphatic carbocycles. The van der Waals surface area contributed by atoms with Gasteiger partial charge in [0.25, 0.3) is 0 Å². The SMILES string of the molecule is CCCCCCCCC(CCCCCC)C(=O)OCCCCC(O)CN(CCCOC(c1ccccc1)(c1ccccc1)c1ccc(OC)cc1)CC(CCCCOC(=O)C(CCCCCC)CCCCCCCC)O[Si](C)(C)C(C)(C)C. The first-order valence-corrected chi connectivity index (χ1v) is 36.9. The first kappa shape index (κ1) is 73.7. The van der Waals surface area contributed by atoms with Crippen molar-refractivity contribution in [2.24, 2.45) is 11.8 Å². The second-order valence-electron chi connectivity index (χ2n) is 25.8. The Morgan fingerprint density at radius 3 is 1.31 bits per heavy atom. The van der Waals surface area contributed by atoms with Crippen LogP contribution in [0.5, 0.6) is 5.75 Å². The predicted octanol–water partition coefficient (Wildman–Crippen LogP) is 19.5. The number of carbonyl (C=O) groups excluding carboxylic acids is 2. The first-order valence-electron chi connectivity index (χ1n) is 34.0. The summed E-state index contributed by atoms with van der Waals surface area (Å²) in [7, 11) is -0.532. The number of rotatable bonds is 51. The van der Waals surface area contributed by atoms with E-state index in [9.17, 15) is 14.7 Å². The minimum atomic E-state index is -2.23. The van der Waals surface area contributed by atoms with Crippen molar-refractivity contribution in [2.45, 2.75) is 283 Å². The van der Waals surface area contributed by atoms with Crippen LogP contribution in [0.1, 0.15) is 264 Å². The van der Waals surface area contributed by atoms with Crippen LogP contribution >= 0.6 is 0 Å². The van der Waals surface area contributed by atoms with E-state index in [0.717, 1.165) is 112 Å². The maximum atomic E-state index is 13.7. The van der Waals surface area contributed by atoms with Crippen LogP contribution in [0.15, 0.2) is 84.9 Å². The van der Waals surface area contributed by atoms with Crippen LogP contribution in [0.2, 0.25) is 18.1 Å². The third-order valence-electron chi connectivity index (χ3n) is 17.6. The Balaban J connectivity index is 1.82. The molecule has 3 aromatic carbocycles. The molecule has 3 aromatic rings. The number of hydrogen-bond donors (Lipinski definition) is 1. The monoisotopic (exact) mass is 1170 g/mol. The Morgan fingerprint density at radius 2 is 0.880 bits per heavy atom. The number of unbranched alkanes of at least 4 members (excludes halogenated alkanes) is 18. The minimum absolute atomic E-state index is 0.00748. The summed E-state index contributed by atoms with van der Waals surface area (Å²) in [6.07, 6.45) is 32.4. The number of methoxy groups -OCH3 is 1. The van der Waals surface area contributed by atoms with Crippen LogP contribution in [0.25, 0.3) is 0 Å². The van der Waals surface area contributed by atoms with Gasteiger partial charge in [-0.15, -0.1) is 0 Å². The zero-order chi connectivity index (χ0) is 60.4. The summed E-state index contributed by atoms with van der Waals surface area (Å²) in [6.45, 7) is 23.7. The predicted molar refractivity (Wildman–Crippen MR) is 351 cm³/mol. The van der Waals surface area contributed by atoms with E-state index in [-0.39, 0.29) is 34.9 Å². The van der Waals surface area contributed by atoms with Gasteiger partial charge in [-0.3, -0.25) is 14.5 Å². The minimum Gasteiger partial charge on any atom is -0.497 e. The lowest BCUT2D eigenvalue weighted by molar-refractivity contribution is -0.150. The lowest BCUT2D eigenvalue weighted by atomic mass is 9.80. The summed E-state index contributed by atoms with van der Waals surface area (Å²) in [6, 6.07) is 29.2. The number of hydrogen-bond acceptors (Lipinski definition) is 9. The normalized spacial score (nSPS) is 13.7. The molecule has 0 spiro atoms. The number of ether oxygens (including phenoxy) is 4. The molecule has 0 radical (unpaired) electrons. The van der Waals surface area contributed by atoms with Gasteiger partial charge in [-0.1, -0.05) is 250 Å². The van der Waals surface area contributed by atoms with Gasteiger partial charge in [0.15, 0.2) is 8.32 Å². The molecule has 10 heteroatoms. The van der Waals surface area contributed by atoms with Gasteiger partial charge in [0.1, 0.15) is 11.4 Å². The molecule has 0 saturated carbocycles. The Hall–Kier alpha value is -3.54. The number of carbonyl (C=O) groups is 2. The third kappa shape index (κ3) is 29.6. The highest BCUT2D eigenvalue weighted by Gasteiger charge is 2.40. The molecule has 4 unspecified atom stereocenters. The van der Waals surface area contributed by atoms with Gasteiger partial charge in [-0.2, -0.15) is 0 Å². The summed E-state index contributed by atoms with van der Waals surface area (Å²) in [5, 5.41) is 11.9. The third-order valence-corrected chi connectivity index (χ3v) is 22.2. The maximum absolute atomic E-state index is 13.7. The van der Waals surface area contributed by atoms with Crippen LogP contribution < -0.4 is 4.74 Å². The van der Waals surface area contributed by atoms with Gasteiger partial charge in [-0.05, 0) is 118 Å². The second kappa shape index (κ2) is 44.0. The van der Waals surface area contributed by atoms with E-state index in [0.29, 0.717) is 45.9 Å². The summed E-state index contributed by atoms with van der Waals surface area (Å²) in [4.78, 5) is 29.6. The fraction of sp³-hybridized carbons (Fsp3) is 0.726. The molecule has 0 saturated heterocycles. The van der Waals surface area contributed by atoms with Crippen molar-refractivity contribution in [3.05, 3.63) is 102 Å². The summed E-state index contributed by atoms with van der Waals surface area (Å²) in [5.74, 6) is 0.722. The molecule has 0 aliphatic heterocycles. The molecule has 0 bridgehead atoms. The number of nitrogens with zero attached hydrogens (tertiary/aromatic N) is 1. The standard InChI is InChI=1S/C73H123NO8Si/c1-11-15-19-23-25-31-44-62(42-29-21-17-13-3)70(76)79-57-39-37-50-67(75)60-74(56-41-59-81-73(64-46-33-27-34-47-64,65-48-35-28-36-49-65)66-52-54-68(78-8)55-53-66)61-69(82-83(9,10)72(5,6)7)51-38-40-58-80-71(77)63(43-30-22-18-14-4)45-32-26-24-20-16-12-2/h27-28,33-36,46-49,52-55,62-63,67,69,75H,11-26,29-32,37-45,50-51,56-61H2,1-10H3. The molecular weight excluding hydrogens is 1050 g/mol. The van der Waals surface area contributed by atoms with E-state index >= 15 is 0 Å². The highest BCUT2D eigenvalue weighted by atomic mass is 28.4. The second-order valence-corrected chi connectivity index (χ2v) is 30.5. The first-order chi connectivity index (χ1) is 40.1. The molecule has 0 amide bonds. The fourth-order valence-electron chi connectivity index (χ4n) is 11.4. The molecule has 3 rings (SSSR count). The van der Waals surface area contributed by atoms with E-state index in [1.807, 2.05) is 24.3 Å². The van der Waals surface area contributed by atoms with Gasteiger partial charge in [0.2, 0.25) is 0 Å². The maximum Gasteiger partial charge on any atom is 0.308 e. The average molecular weight is 1170 g/mol. The van der Waals surface area contributed by atoms with Crippen molar-refractivity contribution in [3.8, 4) is 5.75 Å². The Morgan fingerprint density at radius 1 is 0.482 bits per heavy atom. The quantitative estimate of drug-likeness (QED) is 0.0256. The number of aliphatic hydroxyl groups excluding tert-OH is 1. The summed E-state index contributed by atoms with van der Waals surface area (Å²) >= 11 is 0. The summed E-state index contributed by atoms with van der Waals surface area (Å²) in [5.41, 5.74) is 2.22. The molecule has 4 atom stereocenters. The highest BCUT2D eigenvalue weighted by molar-refractivity contribution is 6.74. The summed E-state index contributed by atoms with van der Waals surface area (Å²) < 4.78 is 32.3. The molecule has 0 heterocycles. The van der Waals surface area contributed by atoms with Crippen molar-refractivity contribution < 1.29 is 38.1 Å². The van der Waals surface area contributed by atoms with Crippen LogP contribution in [0.3, 0.4) is 0 Å². The molecule has 0 fully saturated rings.